The highest BCUT2D eigenvalue weighted by Gasteiger charge is 2.21. The van der Waals surface area contributed by atoms with Gasteiger partial charge in [0.1, 0.15) is 11.6 Å². The van der Waals surface area contributed by atoms with Gasteiger partial charge in [-0.3, -0.25) is 4.79 Å². The molecule has 0 heterocycles. The van der Waals surface area contributed by atoms with Crippen molar-refractivity contribution < 1.29 is 14.3 Å². The third-order valence-corrected chi connectivity index (χ3v) is 2.86. The Labute approximate surface area is 133 Å². The van der Waals surface area contributed by atoms with E-state index in [4.69, 9.17) is 27.9 Å². The number of anilines is 1. The summed E-state index contributed by atoms with van der Waals surface area (Å²) in [6.45, 7) is 6.77. The number of benzene rings is 1. The van der Waals surface area contributed by atoms with Crippen molar-refractivity contribution in [1.82, 2.24) is 5.32 Å². The van der Waals surface area contributed by atoms with Crippen LogP contribution in [0.15, 0.2) is 18.2 Å². The smallest absolute Gasteiger partial charge is 0.408 e. The van der Waals surface area contributed by atoms with Crippen molar-refractivity contribution in [3.63, 3.8) is 0 Å². The van der Waals surface area contributed by atoms with E-state index in [1.54, 1.807) is 39.8 Å². The van der Waals surface area contributed by atoms with Gasteiger partial charge in [0.25, 0.3) is 0 Å². The molecule has 0 aromatic heterocycles. The molecule has 0 saturated heterocycles. The SMILES string of the molecule is CC(NC(=O)OC(C)(C)C)C(=O)Nc1ccc(Cl)cc1Cl. The average molecular weight is 333 g/mol. The van der Waals surface area contributed by atoms with Crippen LogP contribution in [0.5, 0.6) is 0 Å². The number of amides is 2. The summed E-state index contributed by atoms with van der Waals surface area (Å²) in [6.07, 6.45) is -0.660. The van der Waals surface area contributed by atoms with E-state index in [1.807, 2.05) is 0 Å². The van der Waals surface area contributed by atoms with Crippen LogP contribution in [0.1, 0.15) is 27.7 Å². The van der Waals surface area contributed by atoms with Crippen molar-refractivity contribution in [2.75, 3.05) is 5.32 Å². The van der Waals surface area contributed by atoms with Gasteiger partial charge < -0.3 is 15.4 Å². The predicted molar refractivity (Wildman–Crippen MR) is 83.9 cm³/mol. The van der Waals surface area contributed by atoms with Crippen LogP contribution in [0.3, 0.4) is 0 Å². The van der Waals surface area contributed by atoms with E-state index >= 15 is 0 Å². The van der Waals surface area contributed by atoms with Crippen molar-refractivity contribution in [1.29, 1.82) is 0 Å². The summed E-state index contributed by atoms with van der Waals surface area (Å²) in [5.74, 6) is -0.412. The lowest BCUT2D eigenvalue weighted by molar-refractivity contribution is -0.117. The van der Waals surface area contributed by atoms with Crippen molar-refractivity contribution in [2.24, 2.45) is 0 Å². The first kappa shape index (κ1) is 17.6. The number of nitrogens with one attached hydrogen (secondary N) is 2. The maximum atomic E-state index is 12.0. The minimum Gasteiger partial charge on any atom is -0.444 e. The molecule has 0 aliphatic rings. The highest BCUT2D eigenvalue weighted by Crippen LogP contribution is 2.25. The van der Waals surface area contributed by atoms with Gasteiger partial charge in [0, 0.05) is 5.02 Å². The van der Waals surface area contributed by atoms with Gasteiger partial charge in [-0.1, -0.05) is 23.2 Å². The zero-order valence-electron chi connectivity index (χ0n) is 12.3. The van der Waals surface area contributed by atoms with Crippen LogP contribution < -0.4 is 10.6 Å². The fraction of sp³-hybridized carbons (Fsp3) is 0.429. The number of ether oxygens (including phenoxy) is 1. The van der Waals surface area contributed by atoms with Gasteiger partial charge in [0.05, 0.1) is 10.7 Å². The second kappa shape index (κ2) is 7.00. The second-order valence-corrected chi connectivity index (χ2v) is 6.32. The first-order chi connectivity index (χ1) is 9.58. The van der Waals surface area contributed by atoms with E-state index < -0.39 is 23.6 Å². The number of alkyl carbamates (subject to hydrolysis) is 1. The Morgan fingerprint density at radius 2 is 1.86 bits per heavy atom. The van der Waals surface area contributed by atoms with Crippen LogP contribution in [0.2, 0.25) is 10.0 Å². The molecule has 2 N–H and O–H groups in total. The Morgan fingerprint density at radius 3 is 2.38 bits per heavy atom. The van der Waals surface area contributed by atoms with Gasteiger partial charge in [0.2, 0.25) is 5.91 Å². The fourth-order valence-electron chi connectivity index (χ4n) is 1.38. The molecule has 1 rings (SSSR count). The fourth-order valence-corrected chi connectivity index (χ4v) is 1.84. The Morgan fingerprint density at radius 1 is 1.24 bits per heavy atom. The highest BCUT2D eigenvalue weighted by atomic mass is 35.5. The number of rotatable bonds is 3. The maximum absolute atomic E-state index is 12.0. The number of halogens is 2. The summed E-state index contributed by atoms with van der Waals surface area (Å²) >= 11 is 11.7. The third-order valence-electron chi connectivity index (χ3n) is 2.32. The first-order valence-corrected chi connectivity index (χ1v) is 7.09. The van der Waals surface area contributed by atoms with Crippen LogP contribution in [0, 0.1) is 0 Å². The average Bonchev–Trinajstić information content (AvgIpc) is 2.29. The van der Waals surface area contributed by atoms with E-state index in [9.17, 15) is 9.59 Å². The van der Waals surface area contributed by atoms with Crippen LogP contribution in [-0.2, 0) is 9.53 Å². The lowest BCUT2D eigenvalue weighted by atomic mass is 10.2. The summed E-state index contributed by atoms with van der Waals surface area (Å²) in [5.41, 5.74) is -0.205. The molecule has 0 aliphatic carbocycles. The van der Waals surface area contributed by atoms with Gasteiger partial charge in [-0.25, -0.2) is 4.79 Å². The van der Waals surface area contributed by atoms with E-state index in [0.717, 1.165) is 0 Å². The number of hydrogen-bond donors (Lipinski definition) is 2. The quantitative estimate of drug-likeness (QED) is 0.883. The molecule has 1 atom stereocenters. The standard InChI is InChI=1S/C14H18Cl2N2O3/c1-8(17-13(20)21-14(2,3)4)12(19)18-11-6-5-9(15)7-10(11)16/h5-8H,1-4H3,(H,17,20)(H,18,19). The van der Waals surface area contributed by atoms with E-state index in [-0.39, 0.29) is 0 Å². The zero-order chi connectivity index (χ0) is 16.2. The molecule has 21 heavy (non-hydrogen) atoms. The minimum atomic E-state index is -0.772. The molecule has 5 nitrogen and oxygen atoms in total. The Hall–Kier alpha value is -1.46. The van der Waals surface area contributed by atoms with E-state index in [0.29, 0.717) is 15.7 Å². The second-order valence-electron chi connectivity index (χ2n) is 5.48. The largest absolute Gasteiger partial charge is 0.444 e. The molecule has 0 saturated carbocycles. The summed E-state index contributed by atoms with van der Waals surface area (Å²) in [6, 6.07) is 3.94. The normalized spacial score (nSPS) is 12.5. The molecule has 0 fully saturated rings. The van der Waals surface area contributed by atoms with E-state index in [1.165, 1.54) is 6.07 Å². The van der Waals surface area contributed by atoms with Crippen molar-refractivity contribution >= 4 is 40.9 Å². The topological polar surface area (TPSA) is 67.4 Å². The Kier molecular flexibility index (Phi) is 5.87. The molecule has 116 valence electrons. The Bertz CT molecular complexity index is 542. The predicted octanol–water partition coefficient (Wildman–Crippen LogP) is 3.85. The van der Waals surface area contributed by atoms with Gasteiger partial charge in [0.15, 0.2) is 0 Å². The molecule has 0 bridgehead atoms. The van der Waals surface area contributed by atoms with Crippen LogP contribution in [-0.4, -0.2) is 23.6 Å². The summed E-state index contributed by atoms with van der Waals surface area (Å²) < 4.78 is 5.07. The molecular weight excluding hydrogens is 315 g/mol. The first-order valence-electron chi connectivity index (χ1n) is 6.34. The van der Waals surface area contributed by atoms with E-state index in [2.05, 4.69) is 10.6 Å². The number of carbonyl (C=O) groups is 2. The molecule has 7 heteroatoms. The van der Waals surface area contributed by atoms with Gasteiger partial charge in [-0.05, 0) is 45.9 Å². The summed E-state index contributed by atoms with van der Waals surface area (Å²) in [7, 11) is 0. The van der Waals surface area contributed by atoms with Gasteiger partial charge >= 0.3 is 6.09 Å². The third kappa shape index (κ3) is 6.23. The Balaban J connectivity index is 2.61. The molecule has 2 amide bonds. The molecule has 0 spiro atoms. The monoisotopic (exact) mass is 332 g/mol. The van der Waals surface area contributed by atoms with Crippen LogP contribution in [0.25, 0.3) is 0 Å². The molecule has 1 aromatic rings. The van der Waals surface area contributed by atoms with Gasteiger partial charge in [-0.15, -0.1) is 0 Å². The zero-order valence-corrected chi connectivity index (χ0v) is 13.8. The number of hydrogen-bond acceptors (Lipinski definition) is 3. The molecule has 0 aliphatic heterocycles. The summed E-state index contributed by atoms with van der Waals surface area (Å²) in [4.78, 5) is 23.6. The lowest BCUT2D eigenvalue weighted by Gasteiger charge is -2.21. The summed E-state index contributed by atoms with van der Waals surface area (Å²) in [5, 5.41) is 5.84. The van der Waals surface area contributed by atoms with Crippen LogP contribution >= 0.6 is 23.2 Å². The molecule has 1 aromatic carbocycles. The highest BCUT2D eigenvalue weighted by molar-refractivity contribution is 6.36. The lowest BCUT2D eigenvalue weighted by Crippen LogP contribution is -2.44. The molecule has 1 unspecified atom stereocenters. The number of carbonyl (C=O) groups excluding carboxylic acids is 2. The molecular formula is C14H18Cl2N2O3. The van der Waals surface area contributed by atoms with Crippen molar-refractivity contribution in [3.8, 4) is 0 Å². The minimum absolute atomic E-state index is 0.320. The van der Waals surface area contributed by atoms with Gasteiger partial charge in [-0.2, -0.15) is 0 Å². The molecule has 0 radical (unpaired) electrons. The van der Waals surface area contributed by atoms with Crippen molar-refractivity contribution in [2.45, 2.75) is 39.3 Å². The van der Waals surface area contributed by atoms with Crippen molar-refractivity contribution in [3.05, 3.63) is 28.2 Å². The van der Waals surface area contributed by atoms with Crippen LogP contribution in [0.4, 0.5) is 10.5 Å². The maximum Gasteiger partial charge on any atom is 0.408 e.